The van der Waals surface area contributed by atoms with Crippen molar-refractivity contribution in [3.05, 3.63) is 74.1 Å². The lowest BCUT2D eigenvalue weighted by molar-refractivity contribution is -0.178. The molecular weight excluding hydrogens is 536 g/mol. The van der Waals surface area contributed by atoms with Gasteiger partial charge in [-0.15, -0.1) is 0 Å². The van der Waals surface area contributed by atoms with Crippen LogP contribution in [-0.4, -0.2) is 42.4 Å². The van der Waals surface area contributed by atoms with Crippen molar-refractivity contribution in [2.24, 2.45) is 7.05 Å². The lowest BCUT2D eigenvalue weighted by Crippen LogP contribution is -2.53. The van der Waals surface area contributed by atoms with E-state index >= 15 is 0 Å². The molecule has 1 aromatic carbocycles. The van der Waals surface area contributed by atoms with Crippen molar-refractivity contribution in [1.29, 1.82) is 0 Å². The molecule has 2 saturated heterocycles. The van der Waals surface area contributed by atoms with Gasteiger partial charge in [-0.2, -0.15) is 4.98 Å². The molecule has 7 rings (SSSR count). The summed E-state index contributed by atoms with van der Waals surface area (Å²) in [6, 6.07) is 6.54. The number of benzene rings is 1. The Morgan fingerprint density at radius 2 is 1.90 bits per heavy atom. The number of carboxylic acid groups (broad SMARTS) is 1. The van der Waals surface area contributed by atoms with E-state index in [1.165, 1.54) is 6.07 Å². The maximum absolute atomic E-state index is 13.7. The Labute approximate surface area is 234 Å². The largest absolute Gasteiger partial charge is 0.476 e. The van der Waals surface area contributed by atoms with Gasteiger partial charge in [0.05, 0.1) is 34.7 Å². The first-order valence-electron chi connectivity index (χ1n) is 13.1. The fraction of sp³-hybridized carbons (Fsp3) is 0.429. The quantitative estimate of drug-likeness (QED) is 0.319. The molecule has 2 aliphatic heterocycles. The molecule has 5 heterocycles. The summed E-state index contributed by atoms with van der Waals surface area (Å²) < 4.78 is 13.5. The van der Waals surface area contributed by atoms with Crippen LogP contribution in [0, 0.1) is 13.8 Å². The molecule has 2 N–H and O–H groups in total. The Balaban J connectivity index is 1.41. The van der Waals surface area contributed by atoms with Crippen LogP contribution in [0.4, 0.5) is 5.69 Å². The molecule has 1 atom stereocenters. The van der Waals surface area contributed by atoms with Crippen LogP contribution in [0.15, 0.2) is 33.6 Å². The van der Waals surface area contributed by atoms with Crippen molar-refractivity contribution in [1.82, 2.24) is 24.7 Å². The van der Waals surface area contributed by atoms with Gasteiger partial charge in [-0.1, -0.05) is 22.8 Å². The number of carbonyl (C=O) groups is 1. The molecule has 0 amide bonds. The number of aromatic carboxylic acids is 1. The number of pyridine rings is 1. The number of nitrogens with one attached hydrogen (secondary N) is 1. The second-order valence-corrected chi connectivity index (χ2v) is 11.3. The van der Waals surface area contributed by atoms with Crippen molar-refractivity contribution in [3.63, 3.8) is 0 Å². The molecule has 3 aromatic heterocycles. The Hall–Kier alpha value is -3.83. The van der Waals surface area contributed by atoms with Crippen LogP contribution < -0.4 is 10.9 Å². The number of hydrogen-bond donors (Lipinski definition) is 2. The summed E-state index contributed by atoms with van der Waals surface area (Å²) in [6.45, 7) is 5.99. The van der Waals surface area contributed by atoms with Gasteiger partial charge >= 0.3 is 5.97 Å². The van der Waals surface area contributed by atoms with E-state index in [2.05, 4.69) is 20.4 Å². The van der Waals surface area contributed by atoms with E-state index in [0.717, 1.165) is 24.0 Å². The summed E-state index contributed by atoms with van der Waals surface area (Å²) in [4.78, 5) is 39.1. The van der Waals surface area contributed by atoms with Gasteiger partial charge in [-0.25, -0.2) is 14.8 Å². The predicted molar refractivity (Wildman–Crippen MR) is 147 cm³/mol. The maximum Gasteiger partial charge on any atom is 0.356 e. The normalized spacial score (nSPS) is 22.9. The van der Waals surface area contributed by atoms with Crippen LogP contribution in [-0.2, 0) is 22.8 Å². The fourth-order valence-electron chi connectivity index (χ4n) is 6.13. The first-order chi connectivity index (χ1) is 19.0. The molecule has 2 bridgehead atoms. The first-order valence-corrected chi connectivity index (χ1v) is 13.5. The van der Waals surface area contributed by atoms with Gasteiger partial charge in [0.2, 0.25) is 0 Å². The standard InChI is InChI=1S/C28H29ClN6O5/c1-14-11-17(15(2)30-19-5-6-20(29)32-22(19)24(37)38)21-18(12-14)23(36)35(4)25(33-21)27-7-9-28(10-8-27,39-13-27)26-31-16(3)34-40-26/h5-6,11-12,15,30H,7-10,13H2,1-4H3,(H,37,38)/t15-,27?,28?/m1/s1. The SMILES string of the molecule is Cc1cc([C@@H](C)Nc2ccc(Cl)nc2C(=O)O)c2nc(C34CCC(c5nc(C)no5)(CC3)OC4)n(C)c(=O)c2c1. The second kappa shape index (κ2) is 9.38. The van der Waals surface area contributed by atoms with Crippen molar-refractivity contribution in [3.8, 4) is 0 Å². The number of carboxylic acids is 1. The molecule has 3 fully saturated rings. The number of nitrogens with zero attached hydrogens (tertiary/aromatic N) is 5. The zero-order valence-corrected chi connectivity index (χ0v) is 23.4. The van der Waals surface area contributed by atoms with Gasteiger partial charge in [0.25, 0.3) is 11.4 Å². The Morgan fingerprint density at radius 1 is 1.15 bits per heavy atom. The molecule has 40 heavy (non-hydrogen) atoms. The second-order valence-electron chi connectivity index (χ2n) is 11.0. The maximum atomic E-state index is 13.7. The summed E-state index contributed by atoms with van der Waals surface area (Å²) in [5.41, 5.74) is 1.21. The summed E-state index contributed by atoms with van der Waals surface area (Å²) in [5.74, 6) is 0.566. The van der Waals surface area contributed by atoms with Crippen LogP contribution >= 0.6 is 11.6 Å². The number of aromatic nitrogens is 5. The van der Waals surface area contributed by atoms with Gasteiger partial charge in [0.1, 0.15) is 16.6 Å². The number of aryl methyl sites for hydroxylation is 2. The van der Waals surface area contributed by atoms with Crippen molar-refractivity contribution in [2.45, 2.75) is 63.5 Å². The van der Waals surface area contributed by atoms with E-state index < -0.39 is 23.0 Å². The molecule has 12 heteroatoms. The van der Waals surface area contributed by atoms with Crippen molar-refractivity contribution >= 4 is 34.2 Å². The van der Waals surface area contributed by atoms with E-state index in [9.17, 15) is 14.7 Å². The zero-order valence-electron chi connectivity index (χ0n) is 22.6. The molecular formula is C28H29ClN6O5. The van der Waals surface area contributed by atoms with Gasteiger partial charge in [-0.05, 0) is 70.2 Å². The fourth-order valence-corrected chi connectivity index (χ4v) is 6.27. The van der Waals surface area contributed by atoms with E-state index in [4.69, 9.17) is 25.8 Å². The van der Waals surface area contributed by atoms with Crippen molar-refractivity contribution < 1.29 is 19.2 Å². The van der Waals surface area contributed by atoms with Gasteiger partial charge in [-0.3, -0.25) is 9.36 Å². The highest BCUT2D eigenvalue weighted by Crippen LogP contribution is 2.53. The average Bonchev–Trinajstić information content (AvgIpc) is 3.39. The Bertz CT molecular complexity index is 1710. The minimum absolute atomic E-state index is 0.0890. The number of halogens is 1. The molecule has 208 valence electrons. The smallest absolute Gasteiger partial charge is 0.356 e. The zero-order chi connectivity index (χ0) is 28.4. The highest BCUT2D eigenvalue weighted by molar-refractivity contribution is 6.29. The number of ether oxygens (including phenoxy) is 1. The summed E-state index contributed by atoms with van der Waals surface area (Å²) in [5, 5.41) is 17.4. The van der Waals surface area contributed by atoms with Crippen LogP contribution in [0.25, 0.3) is 10.9 Å². The Kier molecular flexibility index (Phi) is 6.19. The number of anilines is 1. The lowest BCUT2D eigenvalue weighted by atomic mass is 9.65. The average molecular weight is 565 g/mol. The molecule has 11 nitrogen and oxygen atoms in total. The number of rotatable bonds is 6. The summed E-state index contributed by atoms with van der Waals surface area (Å²) in [7, 11) is 1.76. The van der Waals surface area contributed by atoms with Crippen LogP contribution in [0.3, 0.4) is 0 Å². The van der Waals surface area contributed by atoms with E-state index in [1.54, 1.807) is 24.6 Å². The van der Waals surface area contributed by atoms with Crippen molar-refractivity contribution in [2.75, 3.05) is 11.9 Å². The molecule has 1 saturated carbocycles. The highest BCUT2D eigenvalue weighted by Gasteiger charge is 2.55. The monoisotopic (exact) mass is 564 g/mol. The van der Waals surface area contributed by atoms with E-state index in [1.807, 2.05) is 26.0 Å². The molecule has 0 unspecified atom stereocenters. The van der Waals surface area contributed by atoms with Gasteiger partial charge < -0.3 is 19.7 Å². The van der Waals surface area contributed by atoms with Crippen LogP contribution in [0.1, 0.15) is 77.8 Å². The first kappa shape index (κ1) is 26.4. The van der Waals surface area contributed by atoms with Crippen LogP contribution in [0.5, 0.6) is 0 Å². The molecule has 4 aromatic rings. The van der Waals surface area contributed by atoms with Crippen LogP contribution in [0.2, 0.25) is 5.15 Å². The predicted octanol–water partition coefficient (Wildman–Crippen LogP) is 4.59. The summed E-state index contributed by atoms with van der Waals surface area (Å²) >= 11 is 5.94. The minimum Gasteiger partial charge on any atom is -0.476 e. The Morgan fingerprint density at radius 3 is 2.52 bits per heavy atom. The summed E-state index contributed by atoms with van der Waals surface area (Å²) in [6.07, 6.45) is 2.88. The van der Waals surface area contributed by atoms with E-state index in [0.29, 0.717) is 53.6 Å². The molecule has 3 aliphatic rings. The third-order valence-corrected chi connectivity index (χ3v) is 8.50. The molecule has 0 spiro atoms. The highest BCUT2D eigenvalue weighted by atomic mass is 35.5. The minimum atomic E-state index is -1.19. The third kappa shape index (κ3) is 4.15. The number of fused-ring (bicyclic) bond motifs is 4. The van der Waals surface area contributed by atoms with Gasteiger partial charge in [0, 0.05) is 12.6 Å². The molecule has 1 aliphatic carbocycles. The lowest BCUT2D eigenvalue weighted by Gasteiger charge is -2.51. The number of hydrogen-bond acceptors (Lipinski definition) is 9. The topological polar surface area (TPSA) is 145 Å². The molecule has 0 radical (unpaired) electrons. The van der Waals surface area contributed by atoms with E-state index in [-0.39, 0.29) is 16.4 Å². The van der Waals surface area contributed by atoms with Gasteiger partial charge in [0.15, 0.2) is 11.5 Å². The third-order valence-electron chi connectivity index (χ3n) is 8.29.